The molecule has 0 aliphatic carbocycles. The van der Waals surface area contributed by atoms with Crippen LogP contribution in [0.1, 0.15) is 47.8 Å². The summed E-state index contributed by atoms with van der Waals surface area (Å²) in [5.41, 5.74) is 1.16. The molecule has 1 fully saturated rings. The fourth-order valence-electron chi connectivity index (χ4n) is 4.65. The van der Waals surface area contributed by atoms with Crippen molar-refractivity contribution in [2.75, 3.05) is 44.7 Å². The lowest BCUT2D eigenvalue weighted by Crippen LogP contribution is -2.51. The van der Waals surface area contributed by atoms with Crippen LogP contribution < -0.4 is 4.90 Å². The Morgan fingerprint density at radius 3 is 2.33 bits per heavy atom. The summed E-state index contributed by atoms with van der Waals surface area (Å²) in [6.45, 7) is 3.25. The van der Waals surface area contributed by atoms with Crippen LogP contribution in [0.4, 0.5) is 32.0 Å². The molecule has 4 rings (SSSR count). The summed E-state index contributed by atoms with van der Waals surface area (Å²) in [6.07, 6.45) is -4.55. The van der Waals surface area contributed by atoms with E-state index in [0.29, 0.717) is 35.6 Å². The number of anilines is 1. The van der Waals surface area contributed by atoms with E-state index in [-0.39, 0.29) is 37.0 Å². The number of carbonyl (C=O) groups is 2. The molecule has 1 aliphatic rings. The lowest BCUT2D eigenvalue weighted by molar-refractivity contribution is -0.142. The van der Waals surface area contributed by atoms with Crippen molar-refractivity contribution >= 4 is 17.9 Å². The molecule has 2 aromatic heterocycles. The Bertz CT molecular complexity index is 1420. The van der Waals surface area contributed by atoms with E-state index in [1.807, 2.05) is 4.90 Å². The smallest absolute Gasteiger partial charge is 0.319 e. The van der Waals surface area contributed by atoms with Gasteiger partial charge in [-0.2, -0.15) is 17.6 Å². The van der Waals surface area contributed by atoms with E-state index in [0.717, 1.165) is 6.29 Å². The van der Waals surface area contributed by atoms with Gasteiger partial charge in [-0.3, -0.25) is 14.7 Å². The van der Waals surface area contributed by atoms with Gasteiger partial charge < -0.3 is 19.0 Å². The van der Waals surface area contributed by atoms with Gasteiger partial charge in [0, 0.05) is 56.1 Å². The number of alkyl halides is 6. The van der Waals surface area contributed by atoms with Gasteiger partial charge in [-0.05, 0) is 49.7 Å². The van der Waals surface area contributed by atoms with Crippen LogP contribution in [0.5, 0.6) is 0 Å². The van der Waals surface area contributed by atoms with E-state index in [1.165, 1.54) is 16.0 Å². The van der Waals surface area contributed by atoms with E-state index in [2.05, 4.69) is 15.2 Å². The van der Waals surface area contributed by atoms with Crippen molar-refractivity contribution in [3.05, 3.63) is 59.2 Å². The van der Waals surface area contributed by atoms with E-state index in [1.54, 1.807) is 51.2 Å². The zero-order valence-electron chi connectivity index (χ0n) is 23.6. The minimum Gasteiger partial charge on any atom is -0.415 e. The summed E-state index contributed by atoms with van der Waals surface area (Å²) in [7, 11) is 1.56. The normalized spacial score (nSPS) is 14.9. The van der Waals surface area contributed by atoms with Crippen molar-refractivity contribution in [1.82, 2.24) is 25.0 Å². The number of piperazine rings is 1. The number of aldehydes is 1. The van der Waals surface area contributed by atoms with Crippen LogP contribution in [-0.2, 0) is 16.8 Å². The van der Waals surface area contributed by atoms with Gasteiger partial charge in [0.05, 0.1) is 24.3 Å². The molecule has 0 saturated carbocycles. The van der Waals surface area contributed by atoms with Crippen molar-refractivity contribution in [3.8, 4) is 11.5 Å². The van der Waals surface area contributed by atoms with Crippen molar-refractivity contribution in [3.63, 3.8) is 0 Å². The quantitative estimate of drug-likeness (QED) is 0.224. The second kappa shape index (κ2) is 12.7. The molecule has 43 heavy (non-hydrogen) atoms. The van der Waals surface area contributed by atoms with Crippen molar-refractivity contribution in [2.24, 2.45) is 0 Å². The molecule has 1 saturated heterocycles. The highest BCUT2D eigenvalue weighted by atomic mass is 19.3. The van der Waals surface area contributed by atoms with Crippen LogP contribution in [0.2, 0.25) is 0 Å². The van der Waals surface area contributed by atoms with E-state index >= 15 is 0 Å². The molecule has 15 heteroatoms. The second-order valence-corrected chi connectivity index (χ2v) is 10.8. The lowest BCUT2D eigenvalue weighted by Gasteiger charge is -2.38. The van der Waals surface area contributed by atoms with Crippen LogP contribution in [0.15, 0.2) is 40.9 Å². The molecule has 1 aromatic carbocycles. The first-order chi connectivity index (χ1) is 20.2. The molecule has 3 aromatic rings. The lowest BCUT2D eigenvalue weighted by atomic mass is 9.82. The Morgan fingerprint density at radius 2 is 1.77 bits per heavy atom. The monoisotopic (exact) mass is 612 g/mol. The Kier molecular flexibility index (Phi) is 9.42. The van der Waals surface area contributed by atoms with Crippen LogP contribution in [-0.4, -0.2) is 89.3 Å². The maximum atomic E-state index is 13.5. The number of rotatable bonds is 11. The maximum Gasteiger partial charge on any atom is 0.319 e. The zero-order chi connectivity index (χ0) is 31.5. The van der Waals surface area contributed by atoms with E-state index in [9.17, 15) is 35.9 Å². The average Bonchev–Trinajstić information content (AvgIpc) is 3.48. The van der Waals surface area contributed by atoms with E-state index in [4.69, 9.17) is 4.42 Å². The summed E-state index contributed by atoms with van der Waals surface area (Å²) in [4.78, 5) is 34.4. The third kappa shape index (κ3) is 7.32. The number of amides is 1. The van der Waals surface area contributed by atoms with Gasteiger partial charge in [-0.25, -0.2) is 8.78 Å². The Hall–Kier alpha value is -4.01. The number of aromatic nitrogens is 3. The molecule has 3 heterocycles. The molecule has 0 radical (unpaired) electrons. The van der Waals surface area contributed by atoms with Gasteiger partial charge in [0.1, 0.15) is 6.29 Å². The van der Waals surface area contributed by atoms with Crippen LogP contribution >= 0.6 is 0 Å². The summed E-state index contributed by atoms with van der Waals surface area (Å²) in [5.74, 6) is -5.41. The van der Waals surface area contributed by atoms with Gasteiger partial charge in [0.15, 0.2) is 0 Å². The number of nitrogens with zero attached hydrogens (tertiary/aromatic N) is 6. The maximum absolute atomic E-state index is 13.5. The third-order valence-corrected chi connectivity index (χ3v) is 7.16. The first-order valence-electron chi connectivity index (χ1n) is 13.3. The van der Waals surface area contributed by atoms with Crippen LogP contribution in [0.3, 0.4) is 0 Å². The largest absolute Gasteiger partial charge is 0.415 e. The van der Waals surface area contributed by atoms with Gasteiger partial charge >= 0.3 is 18.8 Å². The first-order valence-corrected chi connectivity index (χ1v) is 13.3. The Balaban J connectivity index is 1.47. The molecule has 0 N–H and O–H groups in total. The molecule has 0 unspecified atom stereocenters. The van der Waals surface area contributed by atoms with Gasteiger partial charge in [-0.15, -0.1) is 10.2 Å². The summed E-state index contributed by atoms with van der Waals surface area (Å²) in [6, 6.07) is 8.14. The molecule has 1 amide bonds. The van der Waals surface area contributed by atoms with E-state index < -0.39 is 36.6 Å². The molecular weight excluding hydrogens is 582 g/mol. The number of halogens is 6. The number of pyridine rings is 1. The molecule has 1 aliphatic heterocycles. The van der Waals surface area contributed by atoms with Crippen molar-refractivity contribution in [2.45, 2.75) is 44.6 Å². The van der Waals surface area contributed by atoms with Gasteiger partial charge in [-0.1, -0.05) is 0 Å². The Morgan fingerprint density at radius 1 is 1.07 bits per heavy atom. The first kappa shape index (κ1) is 31.9. The number of benzene rings is 1. The molecule has 0 spiro atoms. The summed E-state index contributed by atoms with van der Waals surface area (Å²) >= 11 is 0. The highest BCUT2D eigenvalue weighted by Gasteiger charge is 2.42. The predicted molar refractivity (Wildman–Crippen MR) is 143 cm³/mol. The van der Waals surface area contributed by atoms with Crippen LogP contribution in [0.25, 0.3) is 11.5 Å². The zero-order valence-corrected chi connectivity index (χ0v) is 23.6. The molecule has 0 atom stereocenters. The number of hydrogen-bond acceptors (Lipinski definition) is 8. The van der Waals surface area contributed by atoms with Crippen molar-refractivity contribution in [1.29, 1.82) is 0 Å². The van der Waals surface area contributed by atoms with Crippen LogP contribution in [0, 0.1) is 0 Å². The Labute approximate surface area is 243 Å². The van der Waals surface area contributed by atoms with Gasteiger partial charge in [0.2, 0.25) is 5.89 Å². The summed E-state index contributed by atoms with van der Waals surface area (Å²) < 4.78 is 82.6. The highest BCUT2D eigenvalue weighted by molar-refractivity contribution is 5.97. The highest BCUT2D eigenvalue weighted by Crippen LogP contribution is 2.32. The SMILES string of the molecule is CN(Cc1ccc(-c2nnc(C(F)F)o2)cn1)C(=O)c1ccc(N2CCN(CC(F)(F)C(F)F)CC2)cc1C(C)(C)C=O. The molecular formula is C28H30F6N6O3. The molecule has 232 valence electrons. The fraction of sp³-hybridized carbons (Fsp3) is 0.464. The summed E-state index contributed by atoms with van der Waals surface area (Å²) in [5, 5.41) is 6.86. The third-order valence-electron chi connectivity index (χ3n) is 7.16. The average molecular weight is 613 g/mol. The van der Waals surface area contributed by atoms with Crippen molar-refractivity contribution < 1.29 is 40.3 Å². The molecule has 0 bridgehead atoms. The topological polar surface area (TPSA) is 95.7 Å². The second-order valence-electron chi connectivity index (χ2n) is 10.8. The standard InChI is InChI=1S/C28H30F6N6O3/c1-27(2,16-41)21-12-19(40-10-8-39(9-11-40)15-28(33,34)26(31)32)6-7-20(21)25(42)38(3)14-18-5-4-17(13-35-18)23-36-37-24(43-23)22(29)30/h4-7,12-13,16,22,26H,8-11,14-15H2,1-3H3. The number of hydrogen-bond donors (Lipinski definition) is 0. The number of carbonyl (C=O) groups excluding carboxylic acids is 2. The minimum atomic E-state index is -4.09. The molecule has 9 nitrogen and oxygen atoms in total. The predicted octanol–water partition coefficient (Wildman–Crippen LogP) is 4.84. The fourth-order valence-corrected chi connectivity index (χ4v) is 4.65. The van der Waals surface area contributed by atoms with Gasteiger partial charge in [0.25, 0.3) is 11.8 Å². The minimum absolute atomic E-state index is 0.0825.